The molecular weight excluding hydrogens is 254 g/mol. The van der Waals surface area contributed by atoms with Crippen molar-refractivity contribution >= 4 is 11.8 Å². The normalized spacial score (nSPS) is 31.1. The summed E-state index contributed by atoms with van der Waals surface area (Å²) in [5.74, 6) is 0. The van der Waals surface area contributed by atoms with Gasteiger partial charge in [0.1, 0.15) is 0 Å². The van der Waals surface area contributed by atoms with Crippen LogP contribution in [0.4, 0.5) is 0 Å². The second-order valence-corrected chi connectivity index (χ2v) is 7.59. The maximum absolute atomic E-state index is 6.01. The van der Waals surface area contributed by atoms with Crippen LogP contribution in [0.3, 0.4) is 0 Å². The maximum Gasteiger partial charge on any atom is 0.0661 e. The zero-order chi connectivity index (χ0) is 13.7. The highest BCUT2D eigenvalue weighted by Gasteiger charge is 2.55. The van der Waals surface area contributed by atoms with Gasteiger partial charge in [-0.2, -0.15) is 11.8 Å². The van der Waals surface area contributed by atoms with Crippen LogP contribution in [0, 0.1) is 5.41 Å². The van der Waals surface area contributed by atoms with Gasteiger partial charge >= 0.3 is 0 Å². The monoisotopic (exact) mass is 285 g/mol. The quantitative estimate of drug-likeness (QED) is 0.768. The first-order valence-electron chi connectivity index (χ1n) is 8.10. The number of nitrogens with one attached hydrogen (secondary N) is 1. The maximum atomic E-state index is 6.01. The van der Waals surface area contributed by atoms with Gasteiger partial charge in [-0.25, -0.2) is 0 Å². The number of rotatable bonds is 7. The number of hydrogen-bond acceptors (Lipinski definition) is 3. The van der Waals surface area contributed by atoms with Crippen molar-refractivity contribution in [2.45, 2.75) is 76.2 Å². The van der Waals surface area contributed by atoms with Crippen molar-refractivity contribution in [3.8, 4) is 0 Å². The Morgan fingerprint density at radius 2 is 2.05 bits per heavy atom. The molecule has 0 heterocycles. The van der Waals surface area contributed by atoms with Gasteiger partial charge in [-0.15, -0.1) is 0 Å². The van der Waals surface area contributed by atoms with Crippen LogP contribution in [-0.2, 0) is 4.74 Å². The van der Waals surface area contributed by atoms with Crippen molar-refractivity contribution in [1.82, 2.24) is 5.32 Å². The van der Waals surface area contributed by atoms with Crippen molar-refractivity contribution < 1.29 is 4.74 Å². The summed E-state index contributed by atoms with van der Waals surface area (Å²) in [6.07, 6.45) is 12.3. The molecule has 3 heteroatoms. The van der Waals surface area contributed by atoms with Gasteiger partial charge < -0.3 is 10.1 Å². The third-order valence-corrected chi connectivity index (χ3v) is 6.32. The van der Waals surface area contributed by atoms with Gasteiger partial charge in [0.25, 0.3) is 0 Å². The molecule has 2 saturated carbocycles. The molecule has 3 unspecified atom stereocenters. The first-order valence-corrected chi connectivity index (χ1v) is 9.39. The van der Waals surface area contributed by atoms with E-state index in [1.54, 1.807) is 0 Å². The van der Waals surface area contributed by atoms with Crippen LogP contribution in [0.15, 0.2) is 0 Å². The Morgan fingerprint density at radius 1 is 1.32 bits per heavy atom. The Balaban J connectivity index is 1.83. The molecular formula is C16H31NOS. The number of hydrogen-bond donors (Lipinski definition) is 1. The fraction of sp³-hybridized carbons (Fsp3) is 1.00. The highest BCUT2D eigenvalue weighted by atomic mass is 32.2. The summed E-state index contributed by atoms with van der Waals surface area (Å²) in [6, 6.07) is 0.721. The molecule has 1 N–H and O–H groups in total. The van der Waals surface area contributed by atoms with E-state index < -0.39 is 0 Å². The molecule has 2 fully saturated rings. The molecule has 0 amide bonds. The van der Waals surface area contributed by atoms with Crippen molar-refractivity contribution in [3.05, 3.63) is 0 Å². The predicted octanol–water partition coefficient (Wildman–Crippen LogP) is 3.85. The Morgan fingerprint density at radius 3 is 2.68 bits per heavy atom. The lowest BCUT2D eigenvalue weighted by atomic mass is 9.55. The molecule has 0 aromatic rings. The second kappa shape index (κ2) is 7.33. The lowest BCUT2D eigenvalue weighted by Crippen LogP contribution is -2.64. The molecule has 3 atom stereocenters. The Hall–Kier alpha value is 0.270. The fourth-order valence-corrected chi connectivity index (χ4v) is 4.28. The molecule has 2 aliphatic rings. The van der Waals surface area contributed by atoms with Gasteiger partial charge in [0, 0.05) is 23.3 Å². The van der Waals surface area contributed by atoms with Gasteiger partial charge in [0.05, 0.1) is 6.10 Å². The van der Waals surface area contributed by atoms with Gasteiger partial charge in [-0.05, 0) is 45.4 Å². The molecule has 2 nitrogen and oxygen atoms in total. The van der Waals surface area contributed by atoms with Crippen molar-refractivity contribution in [3.63, 3.8) is 0 Å². The molecule has 19 heavy (non-hydrogen) atoms. The zero-order valence-corrected chi connectivity index (χ0v) is 13.7. The highest BCUT2D eigenvalue weighted by Crippen LogP contribution is 2.53. The molecule has 0 bridgehead atoms. The number of ether oxygens (including phenoxy) is 1. The lowest BCUT2D eigenvalue weighted by molar-refractivity contribution is -0.149. The minimum Gasteiger partial charge on any atom is -0.378 e. The summed E-state index contributed by atoms with van der Waals surface area (Å²) < 4.78 is 6.01. The van der Waals surface area contributed by atoms with Crippen LogP contribution in [-0.4, -0.2) is 36.8 Å². The van der Waals surface area contributed by atoms with E-state index in [2.05, 4.69) is 25.4 Å². The van der Waals surface area contributed by atoms with E-state index in [0.717, 1.165) is 17.9 Å². The summed E-state index contributed by atoms with van der Waals surface area (Å²) in [6.45, 7) is 6.51. The third-order valence-electron chi connectivity index (χ3n) is 5.28. The molecule has 2 rings (SSSR count). The Bertz CT molecular complexity index is 265. The predicted molar refractivity (Wildman–Crippen MR) is 84.9 cm³/mol. The van der Waals surface area contributed by atoms with E-state index in [0.29, 0.717) is 11.5 Å². The van der Waals surface area contributed by atoms with Crippen LogP contribution in [0.5, 0.6) is 0 Å². The SMILES string of the molecule is CCOC1CC(NCCC(C)SC)C12CCCCC2. The van der Waals surface area contributed by atoms with Crippen LogP contribution in [0.1, 0.15) is 58.8 Å². The van der Waals surface area contributed by atoms with Crippen molar-refractivity contribution in [2.75, 3.05) is 19.4 Å². The van der Waals surface area contributed by atoms with E-state index in [9.17, 15) is 0 Å². The van der Waals surface area contributed by atoms with Gasteiger partial charge in [-0.1, -0.05) is 26.2 Å². The van der Waals surface area contributed by atoms with Gasteiger partial charge in [-0.3, -0.25) is 0 Å². The Labute approximate surface area is 123 Å². The van der Waals surface area contributed by atoms with Crippen LogP contribution < -0.4 is 5.32 Å². The van der Waals surface area contributed by atoms with Crippen LogP contribution in [0.2, 0.25) is 0 Å². The second-order valence-electron chi connectivity index (χ2n) is 6.32. The van der Waals surface area contributed by atoms with E-state index >= 15 is 0 Å². The van der Waals surface area contributed by atoms with Gasteiger partial charge in [0.2, 0.25) is 0 Å². The highest BCUT2D eigenvalue weighted by molar-refractivity contribution is 7.99. The largest absolute Gasteiger partial charge is 0.378 e. The molecule has 0 aromatic carbocycles. The van der Waals surface area contributed by atoms with E-state index in [1.807, 2.05) is 11.8 Å². The minimum absolute atomic E-state index is 0.483. The first-order chi connectivity index (χ1) is 9.23. The molecule has 1 spiro atoms. The molecule has 0 radical (unpaired) electrons. The van der Waals surface area contributed by atoms with Crippen molar-refractivity contribution in [1.29, 1.82) is 0 Å². The summed E-state index contributed by atoms with van der Waals surface area (Å²) in [4.78, 5) is 0. The molecule has 0 saturated heterocycles. The summed E-state index contributed by atoms with van der Waals surface area (Å²) >= 11 is 1.97. The smallest absolute Gasteiger partial charge is 0.0661 e. The van der Waals surface area contributed by atoms with E-state index in [4.69, 9.17) is 4.74 Å². The standard InChI is InChI=1S/C16H31NOS/c1-4-18-15-12-14(17-11-8-13(2)19-3)16(15)9-6-5-7-10-16/h13-15,17H,4-12H2,1-3H3. The Kier molecular flexibility index (Phi) is 6.04. The van der Waals surface area contributed by atoms with E-state index in [1.165, 1.54) is 51.5 Å². The van der Waals surface area contributed by atoms with Gasteiger partial charge in [0.15, 0.2) is 0 Å². The van der Waals surface area contributed by atoms with Crippen molar-refractivity contribution in [2.24, 2.45) is 5.41 Å². The fourth-order valence-electron chi connectivity index (χ4n) is 3.93. The molecule has 2 aliphatic carbocycles. The molecule has 0 aromatic heterocycles. The lowest BCUT2D eigenvalue weighted by Gasteiger charge is -2.58. The summed E-state index contributed by atoms with van der Waals surface area (Å²) in [5, 5.41) is 4.62. The summed E-state index contributed by atoms with van der Waals surface area (Å²) in [7, 11) is 0. The van der Waals surface area contributed by atoms with E-state index in [-0.39, 0.29) is 0 Å². The minimum atomic E-state index is 0.483. The summed E-state index contributed by atoms with van der Waals surface area (Å²) in [5.41, 5.74) is 0.483. The first kappa shape index (κ1) is 15.7. The topological polar surface area (TPSA) is 21.3 Å². The molecule has 112 valence electrons. The molecule has 0 aliphatic heterocycles. The third kappa shape index (κ3) is 3.48. The van der Waals surface area contributed by atoms with Crippen LogP contribution in [0.25, 0.3) is 0 Å². The number of thioether (sulfide) groups is 1. The average molecular weight is 285 g/mol. The average Bonchev–Trinajstić information content (AvgIpc) is 2.46. The zero-order valence-electron chi connectivity index (χ0n) is 12.9. The van der Waals surface area contributed by atoms with Crippen LogP contribution >= 0.6 is 11.8 Å².